The van der Waals surface area contributed by atoms with E-state index in [2.05, 4.69) is 13.2 Å². The van der Waals surface area contributed by atoms with Gasteiger partial charge in [0.2, 0.25) is 0 Å². The van der Waals surface area contributed by atoms with Crippen LogP contribution in [0.15, 0.2) is 24.3 Å². The molecular formula is C27H39BO12. The highest BCUT2D eigenvalue weighted by atomic mass is 16.6. The van der Waals surface area contributed by atoms with Crippen molar-refractivity contribution in [3.05, 3.63) is 24.3 Å². The van der Waals surface area contributed by atoms with Crippen molar-refractivity contribution in [1.29, 1.82) is 0 Å². The van der Waals surface area contributed by atoms with E-state index < -0.39 is 40.9 Å². The SMILES string of the molecule is [B]C(C)(CCOC(C)(C)C(=O)CCC(=O)OCCOC(=O)C(=C)C)OC(=O)CCC(=O)OCCOC(=O)C(=C)C. The molecule has 1 atom stereocenters. The third-order valence-corrected chi connectivity index (χ3v) is 5.03. The molecule has 40 heavy (non-hydrogen) atoms. The number of ketones is 1. The van der Waals surface area contributed by atoms with Gasteiger partial charge in [-0.25, -0.2) is 9.59 Å². The Morgan fingerprint density at radius 2 is 1.02 bits per heavy atom. The van der Waals surface area contributed by atoms with Crippen LogP contribution in [0.3, 0.4) is 0 Å². The van der Waals surface area contributed by atoms with Crippen LogP contribution >= 0.6 is 0 Å². The van der Waals surface area contributed by atoms with Crippen LogP contribution in [-0.4, -0.2) is 87.6 Å². The number of rotatable bonds is 20. The summed E-state index contributed by atoms with van der Waals surface area (Å²) in [4.78, 5) is 70.6. The van der Waals surface area contributed by atoms with Crippen LogP contribution in [0, 0.1) is 0 Å². The van der Waals surface area contributed by atoms with Gasteiger partial charge in [-0.15, -0.1) is 0 Å². The molecule has 0 aliphatic heterocycles. The summed E-state index contributed by atoms with van der Waals surface area (Å²) in [5, 5.41) is 0. The van der Waals surface area contributed by atoms with E-state index in [1.165, 1.54) is 34.6 Å². The minimum atomic E-state index is -1.44. The summed E-state index contributed by atoms with van der Waals surface area (Å²) in [5.41, 5.74) is -2.24. The minimum absolute atomic E-state index is 0.0392. The van der Waals surface area contributed by atoms with Crippen LogP contribution in [0.5, 0.6) is 0 Å². The Kier molecular flexibility index (Phi) is 16.4. The molecule has 12 nitrogen and oxygen atoms in total. The highest BCUT2D eigenvalue weighted by Crippen LogP contribution is 2.19. The molecule has 0 bridgehead atoms. The van der Waals surface area contributed by atoms with Crippen molar-refractivity contribution in [2.75, 3.05) is 33.0 Å². The fraction of sp³-hybridized carbons (Fsp3) is 0.630. The standard InChI is InChI=1S/C27H39BO12/c1-18(2)24(33)37-16-14-35-21(30)9-8-20(29)26(5,6)39-13-12-27(7,28)40-23(32)11-10-22(31)36-15-17-38-25(34)19(3)4/h1,3,8-17H2,2,4-7H3. The number of Topliss-reactive ketones (excluding diaryl/α,β-unsaturated/α-hetero) is 1. The quantitative estimate of drug-likeness (QED) is 0.0696. The normalized spacial score (nSPS) is 12.3. The molecule has 0 aliphatic carbocycles. The summed E-state index contributed by atoms with van der Waals surface area (Å²) in [6, 6.07) is 0. The zero-order valence-electron chi connectivity index (χ0n) is 24.0. The van der Waals surface area contributed by atoms with Crippen molar-refractivity contribution in [1.82, 2.24) is 0 Å². The Morgan fingerprint density at radius 1 is 0.625 bits per heavy atom. The van der Waals surface area contributed by atoms with Gasteiger partial charge in [0.1, 0.15) is 39.9 Å². The second-order valence-electron chi connectivity index (χ2n) is 9.59. The molecule has 13 heteroatoms. The number of carbonyl (C=O) groups excluding carboxylic acids is 6. The van der Waals surface area contributed by atoms with Gasteiger partial charge in [-0.1, -0.05) is 13.2 Å². The second kappa shape index (κ2) is 18.0. The first kappa shape index (κ1) is 36.5. The third kappa shape index (κ3) is 17.2. The lowest BCUT2D eigenvalue weighted by Crippen LogP contribution is -2.39. The molecule has 1 unspecified atom stereocenters. The Morgan fingerprint density at radius 3 is 1.48 bits per heavy atom. The Hall–Kier alpha value is -3.48. The fourth-order valence-electron chi connectivity index (χ4n) is 2.64. The summed E-state index contributed by atoms with van der Waals surface area (Å²) in [7, 11) is 5.99. The van der Waals surface area contributed by atoms with E-state index in [0.717, 1.165) is 0 Å². The number of esters is 5. The first-order valence-electron chi connectivity index (χ1n) is 12.6. The summed E-state index contributed by atoms with van der Waals surface area (Å²) in [6.07, 6.45) is -0.829. The van der Waals surface area contributed by atoms with Crippen molar-refractivity contribution in [2.24, 2.45) is 0 Å². The molecule has 0 rings (SSSR count). The van der Waals surface area contributed by atoms with Gasteiger partial charge in [-0.2, -0.15) is 0 Å². The fourth-order valence-corrected chi connectivity index (χ4v) is 2.64. The Bertz CT molecular complexity index is 951. The molecule has 0 heterocycles. The Balaban J connectivity index is 4.26. The van der Waals surface area contributed by atoms with E-state index in [4.69, 9.17) is 36.3 Å². The maximum absolute atomic E-state index is 12.5. The van der Waals surface area contributed by atoms with E-state index in [9.17, 15) is 28.8 Å². The monoisotopic (exact) mass is 566 g/mol. The lowest BCUT2D eigenvalue weighted by molar-refractivity contribution is -0.158. The van der Waals surface area contributed by atoms with Crippen molar-refractivity contribution in [3.8, 4) is 0 Å². The van der Waals surface area contributed by atoms with Crippen LogP contribution in [0.4, 0.5) is 0 Å². The van der Waals surface area contributed by atoms with E-state index in [1.807, 2.05) is 0 Å². The van der Waals surface area contributed by atoms with E-state index in [1.54, 1.807) is 0 Å². The average Bonchev–Trinajstić information content (AvgIpc) is 2.85. The first-order chi connectivity index (χ1) is 18.5. The predicted molar refractivity (Wildman–Crippen MR) is 142 cm³/mol. The molecule has 0 aliphatic rings. The average molecular weight is 566 g/mol. The topological polar surface area (TPSA) is 158 Å². The zero-order valence-corrected chi connectivity index (χ0v) is 24.0. The van der Waals surface area contributed by atoms with E-state index in [0.29, 0.717) is 0 Å². The van der Waals surface area contributed by atoms with Gasteiger partial charge in [0.25, 0.3) is 0 Å². The van der Waals surface area contributed by atoms with Gasteiger partial charge < -0.3 is 28.4 Å². The van der Waals surface area contributed by atoms with Gasteiger partial charge in [0.05, 0.1) is 31.4 Å². The maximum Gasteiger partial charge on any atom is 0.333 e. The van der Waals surface area contributed by atoms with Gasteiger partial charge in [0.15, 0.2) is 5.78 Å². The van der Waals surface area contributed by atoms with Gasteiger partial charge in [-0.3, -0.25) is 19.2 Å². The molecule has 0 aromatic heterocycles. The number of hydrogen-bond acceptors (Lipinski definition) is 12. The van der Waals surface area contributed by atoms with Crippen LogP contribution in [0.2, 0.25) is 0 Å². The molecule has 0 N–H and O–H groups in total. The van der Waals surface area contributed by atoms with Crippen molar-refractivity contribution in [3.63, 3.8) is 0 Å². The predicted octanol–water partition coefficient (Wildman–Crippen LogP) is 2.05. The lowest BCUT2D eigenvalue weighted by atomic mass is 9.80. The van der Waals surface area contributed by atoms with Gasteiger partial charge in [-0.05, 0) is 34.6 Å². The molecule has 0 amide bonds. The molecule has 222 valence electrons. The minimum Gasteiger partial charge on any atom is -0.470 e. The summed E-state index contributed by atoms with van der Waals surface area (Å²) < 4.78 is 30.2. The molecule has 0 saturated heterocycles. The molecular weight excluding hydrogens is 527 g/mol. The number of ether oxygens (including phenoxy) is 6. The Labute approximate surface area is 236 Å². The molecule has 2 radical (unpaired) electrons. The van der Waals surface area contributed by atoms with Crippen molar-refractivity contribution >= 4 is 43.5 Å². The van der Waals surface area contributed by atoms with Crippen LogP contribution in [-0.2, 0) is 57.2 Å². The van der Waals surface area contributed by atoms with Crippen LogP contribution in [0.1, 0.15) is 66.7 Å². The molecule has 0 fully saturated rings. The maximum atomic E-state index is 12.5. The van der Waals surface area contributed by atoms with Crippen molar-refractivity contribution in [2.45, 2.75) is 77.8 Å². The van der Waals surface area contributed by atoms with Gasteiger partial charge >= 0.3 is 29.8 Å². The summed E-state index contributed by atoms with van der Waals surface area (Å²) in [6.45, 7) is 13.7. The zero-order chi connectivity index (χ0) is 30.9. The number of hydrogen-bond donors (Lipinski definition) is 0. The van der Waals surface area contributed by atoms with Gasteiger partial charge in [0, 0.05) is 24.0 Å². The first-order valence-corrected chi connectivity index (χ1v) is 12.6. The van der Waals surface area contributed by atoms with Crippen molar-refractivity contribution < 1.29 is 57.2 Å². The van der Waals surface area contributed by atoms with Crippen LogP contribution in [0.25, 0.3) is 0 Å². The molecule has 0 aromatic rings. The van der Waals surface area contributed by atoms with Crippen LogP contribution < -0.4 is 0 Å². The highest BCUT2D eigenvalue weighted by molar-refractivity contribution is 6.15. The summed E-state index contributed by atoms with van der Waals surface area (Å²) in [5.74, 6) is -3.60. The second-order valence-corrected chi connectivity index (χ2v) is 9.59. The highest BCUT2D eigenvalue weighted by Gasteiger charge is 2.30. The largest absolute Gasteiger partial charge is 0.470 e. The molecule has 0 aromatic carbocycles. The third-order valence-electron chi connectivity index (χ3n) is 5.03. The molecule has 0 spiro atoms. The summed E-state index contributed by atoms with van der Waals surface area (Å²) >= 11 is 0. The lowest BCUT2D eigenvalue weighted by Gasteiger charge is -2.29. The van der Waals surface area contributed by atoms with E-state index >= 15 is 0 Å². The van der Waals surface area contributed by atoms with E-state index in [-0.39, 0.29) is 82.1 Å². The number of carbonyl (C=O) groups is 6. The molecule has 0 saturated carbocycles. The smallest absolute Gasteiger partial charge is 0.333 e.